The van der Waals surface area contributed by atoms with Crippen LogP contribution in [0.25, 0.3) is 0 Å². The van der Waals surface area contributed by atoms with Gasteiger partial charge in [-0.3, -0.25) is 0 Å². The number of nitrogens with zero attached hydrogens (tertiary/aromatic N) is 1. The number of halogens is 1. The quantitative estimate of drug-likeness (QED) is 0.775. The van der Waals surface area contributed by atoms with E-state index in [1.165, 1.54) is 19.2 Å². The van der Waals surface area contributed by atoms with Gasteiger partial charge in [-0.15, -0.1) is 0 Å². The summed E-state index contributed by atoms with van der Waals surface area (Å²) >= 11 is 5.72. The standard InChI is InChI=1S/C10H8ClNO3/c1-15-10(14)8-3-7(11)2-6(4-12)9(8)5-13/h2-3,13H,5H2,1H3. The molecule has 4 nitrogen and oxygen atoms in total. The second-order valence-corrected chi connectivity index (χ2v) is 3.18. The summed E-state index contributed by atoms with van der Waals surface area (Å²) in [6.07, 6.45) is 0. The van der Waals surface area contributed by atoms with Gasteiger partial charge in [0.05, 0.1) is 30.9 Å². The highest BCUT2D eigenvalue weighted by atomic mass is 35.5. The molecule has 0 saturated heterocycles. The summed E-state index contributed by atoms with van der Waals surface area (Å²) in [7, 11) is 1.22. The van der Waals surface area contributed by atoms with Crippen LogP contribution in [0.3, 0.4) is 0 Å². The molecule has 0 spiro atoms. The minimum absolute atomic E-state index is 0.115. The van der Waals surface area contributed by atoms with Gasteiger partial charge < -0.3 is 9.84 Å². The van der Waals surface area contributed by atoms with Gasteiger partial charge in [0, 0.05) is 10.6 Å². The third-order valence-electron chi connectivity index (χ3n) is 1.90. The molecule has 0 aliphatic heterocycles. The van der Waals surface area contributed by atoms with Crippen LogP contribution < -0.4 is 0 Å². The molecule has 0 aliphatic carbocycles. The lowest BCUT2D eigenvalue weighted by molar-refractivity contribution is 0.0597. The number of carbonyl (C=O) groups excluding carboxylic acids is 1. The number of carbonyl (C=O) groups is 1. The van der Waals surface area contributed by atoms with Gasteiger partial charge in [-0.05, 0) is 12.1 Å². The van der Waals surface area contributed by atoms with Crippen molar-refractivity contribution in [1.82, 2.24) is 0 Å². The van der Waals surface area contributed by atoms with Gasteiger partial charge in [-0.1, -0.05) is 11.6 Å². The summed E-state index contributed by atoms with van der Waals surface area (Å²) in [4.78, 5) is 11.3. The molecule has 0 aromatic heterocycles. The molecule has 1 N–H and O–H groups in total. The Morgan fingerprint density at radius 3 is 2.80 bits per heavy atom. The van der Waals surface area contributed by atoms with Gasteiger partial charge in [0.25, 0.3) is 0 Å². The first-order chi connectivity index (χ1) is 7.13. The number of methoxy groups -OCH3 is 1. The van der Waals surface area contributed by atoms with Crippen LogP contribution in [-0.2, 0) is 11.3 Å². The molecular formula is C10H8ClNO3. The molecule has 1 aromatic rings. The van der Waals surface area contributed by atoms with Crippen molar-refractivity contribution in [2.24, 2.45) is 0 Å². The maximum atomic E-state index is 11.3. The highest BCUT2D eigenvalue weighted by Crippen LogP contribution is 2.21. The van der Waals surface area contributed by atoms with E-state index in [9.17, 15) is 4.79 Å². The summed E-state index contributed by atoms with van der Waals surface area (Å²) in [5.74, 6) is -0.627. The molecule has 1 rings (SSSR count). The normalized spacial score (nSPS) is 9.47. The van der Waals surface area contributed by atoms with Gasteiger partial charge >= 0.3 is 5.97 Å². The fraction of sp³-hybridized carbons (Fsp3) is 0.200. The Kier molecular flexibility index (Phi) is 3.67. The Hall–Kier alpha value is -1.57. The fourth-order valence-corrected chi connectivity index (χ4v) is 1.42. The van der Waals surface area contributed by atoms with E-state index in [1.807, 2.05) is 6.07 Å². The number of esters is 1. The molecule has 1 aromatic carbocycles. The van der Waals surface area contributed by atoms with Crippen LogP contribution in [0, 0.1) is 11.3 Å². The third-order valence-corrected chi connectivity index (χ3v) is 2.12. The lowest BCUT2D eigenvalue weighted by Crippen LogP contribution is -2.07. The zero-order chi connectivity index (χ0) is 11.4. The van der Waals surface area contributed by atoms with E-state index >= 15 is 0 Å². The lowest BCUT2D eigenvalue weighted by Gasteiger charge is -2.07. The number of hydrogen-bond acceptors (Lipinski definition) is 4. The van der Waals surface area contributed by atoms with Crippen molar-refractivity contribution in [3.63, 3.8) is 0 Å². The lowest BCUT2D eigenvalue weighted by atomic mass is 10.0. The SMILES string of the molecule is COC(=O)c1cc(Cl)cc(C#N)c1CO. The highest BCUT2D eigenvalue weighted by Gasteiger charge is 2.16. The van der Waals surface area contributed by atoms with Crippen molar-refractivity contribution >= 4 is 17.6 Å². The van der Waals surface area contributed by atoms with E-state index in [0.717, 1.165) is 0 Å². The maximum absolute atomic E-state index is 11.3. The second-order valence-electron chi connectivity index (χ2n) is 2.74. The van der Waals surface area contributed by atoms with Crippen molar-refractivity contribution in [3.8, 4) is 6.07 Å². The molecule has 0 heterocycles. The Morgan fingerprint density at radius 2 is 2.33 bits per heavy atom. The van der Waals surface area contributed by atoms with Crippen molar-refractivity contribution in [1.29, 1.82) is 5.26 Å². The summed E-state index contributed by atoms with van der Waals surface area (Å²) in [6.45, 7) is -0.412. The van der Waals surface area contributed by atoms with E-state index < -0.39 is 12.6 Å². The van der Waals surface area contributed by atoms with Crippen LogP contribution in [-0.4, -0.2) is 18.2 Å². The molecule has 0 saturated carbocycles. The number of hydrogen-bond donors (Lipinski definition) is 1. The van der Waals surface area contributed by atoms with Crippen LogP contribution >= 0.6 is 11.6 Å². The molecular weight excluding hydrogens is 218 g/mol. The largest absolute Gasteiger partial charge is 0.465 e. The summed E-state index contributed by atoms with van der Waals surface area (Å²) in [5.41, 5.74) is 0.517. The minimum atomic E-state index is -0.627. The minimum Gasteiger partial charge on any atom is -0.465 e. The van der Waals surface area contributed by atoms with E-state index in [2.05, 4.69) is 4.74 Å². The van der Waals surface area contributed by atoms with E-state index in [4.69, 9.17) is 22.0 Å². The van der Waals surface area contributed by atoms with Crippen molar-refractivity contribution in [2.45, 2.75) is 6.61 Å². The molecule has 5 heteroatoms. The number of benzene rings is 1. The average molecular weight is 226 g/mol. The van der Waals surface area contributed by atoms with Gasteiger partial charge in [-0.2, -0.15) is 5.26 Å². The van der Waals surface area contributed by atoms with E-state index in [1.54, 1.807) is 0 Å². The molecule has 0 radical (unpaired) electrons. The Morgan fingerprint density at radius 1 is 1.67 bits per heavy atom. The van der Waals surface area contributed by atoms with Crippen LogP contribution in [0.1, 0.15) is 21.5 Å². The first-order valence-corrected chi connectivity index (χ1v) is 4.43. The summed E-state index contributed by atoms with van der Waals surface area (Å²) in [5, 5.41) is 18.1. The molecule has 15 heavy (non-hydrogen) atoms. The molecule has 0 fully saturated rings. The molecule has 78 valence electrons. The Balaban J connectivity index is 3.43. The predicted molar refractivity (Wildman–Crippen MR) is 53.4 cm³/mol. The van der Waals surface area contributed by atoms with Crippen LogP contribution in [0.2, 0.25) is 5.02 Å². The highest BCUT2D eigenvalue weighted by molar-refractivity contribution is 6.31. The fourth-order valence-electron chi connectivity index (χ4n) is 1.20. The molecule has 0 bridgehead atoms. The summed E-state index contributed by atoms with van der Waals surface area (Å²) < 4.78 is 4.52. The van der Waals surface area contributed by atoms with E-state index in [0.29, 0.717) is 0 Å². The van der Waals surface area contributed by atoms with Crippen molar-refractivity contribution in [2.75, 3.05) is 7.11 Å². The number of nitriles is 1. The smallest absolute Gasteiger partial charge is 0.338 e. The van der Waals surface area contributed by atoms with Crippen LogP contribution in [0.5, 0.6) is 0 Å². The zero-order valence-electron chi connectivity index (χ0n) is 7.95. The van der Waals surface area contributed by atoms with Gasteiger partial charge in [0.2, 0.25) is 0 Å². The topological polar surface area (TPSA) is 70.3 Å². The molecule has 0 aliphatic rings. The third kappa shape index (κ3) is 2.27. The van der Waals surface area contributed by atoms with Gasteiger partial charge in [0.1, 0.15) is 0 Å². The van der Waals surface area contributed by atoms with E-state index in [-0.39, 0.29) is 21.7 Å². The predicted octanol–water partition coefficient (Wildman–Crippen LogP) is 1.49. The van der Waals surface area contributed by atoms with Crippen LogP contribution in [0.15, 0.2) is 12.1 Å². The monoisotopic (exact) mass is 225 g/mol. The zero-order valence-corrected chi connectivity index (χ0v) is 8.71. The summed E-state index contributed by atoms with van der Waals surface area (Å²) in [6, 6.07) is 4.60. The second kappa shape index (κ2) is 4.78. The number of ether oxygens (including phenoxy) is 1. The Labute approximate surface area is 91.7 Å². The van der Waals surface area contributed by atoms with Crippen molar-refractivity contribution in [3.05, 3.63) is 33.8 Å². The Bertz CT molecular complexity index is 437. The molecule has 0 amide bonds. The van der Waals surface area contributed by atoms with Crippen molar-refractivity contribution < 1.29 is 14.6 Å². The number of aliphatic hydroxyl groups excluding tert-OH is 1. The van der Waals surface area contributed by atoms with Gasteiger partial charge in [0.15, 0.2) is 0 Å². The molecule has 0 unspecified atom stereocenters. The van der Waals surface area contributed by atoms with Crippen LogP contribution in [0.4, 0.5) is 0 Å². The number of aliphatic hydroxyl groups is 1. The molecule has 0 atom stereocenters. The van der Waals surface area contributed by atoms with Gasteiger partial charge in [-0.25, -0.2) is 4.79 Å². The maximum Gasteiger partial charge on any atom is 0.338 e. The first kappa shape index (κ1) is 11.5. The first-order valence-electron chi connectivity index (χ1n) is 4.05. The average Bonchev–Trinajstić information content (AvgIpc) is 2.26. The number of rotatable bonds is 2.